The summed E-state index contributed by atoms with van der Waals surface area (Å²) in [6.45, 7) is 5.14. The number of primary amides is 1. The standard InChI is InChI=1S/C14H22N2O2/c1-3-12(4-2)16-9-11-5-7-13(8-6-11)18-10-14(15)17/h5-8,12,16H,3-4,9-10H2,1-2H3,(H2,15,17). The molecule has 1 aromatic carbocycles. The fourth-order valence-electron chi connectivity index (χ4n) is 1.70. The summed E-state index contributed by atoms with van der Waals surface area (Å²) in [6, 6.07) is 8.26. The molecule has 3 N–H and O–H groups in total. The molecular weight excluding hydrogens is 228 g/mol. The van der Waals surface area contributed by atoms with Gasteiger partial charge in [0, 0.05) is 12.6 Å². The van der Waals surface area contributed by atoms with E-state index in [4.69, 9.17) is 10.5 Å². The van der Waals surface area contributed by atoms with Crippen LogP contribution in [0.15, 0.2) is 24.3 Å². The van der Waals surface area contributed by atoms with Gasteiger partial charge in [0.05, 0.1) is 0 Å². The highest BCUT2D eigenvalue weighted by Crippen LogP contribution is 2.12. The average molecular weight is 250 g/mol. The smallest absolute Gasteiger partial charge is 0.255 e. The van der Waals surface area contributed by atoms with E-state index in [1.54, 1.807) is 0 Å². The molecular formula is C14H22N2O2. The average Bonchev–Trinajstić information content (AvgIpc) is 2.39. The zero-order chi connectivity index (χ0) is 13.4. The molecule has 100 valence electrons. The molecule has 0 aliphatic heterocycles. The van der Waals surface area contributed by atoms with Gasteiger partial charge in [-0.2, -0.15) is 0 Å². The van der Waals surface area contributed by atoms with Crippen LogP contribution in [0.4, 0.5) is 0 Å². The molecule has 1 rings (SSSR count). The van der Waals surface area contributed by atoms with Crippen molar-refractivity contribution in [2.24, 2.45) is 5.73 Å². The molecule has 0 atom stereocenters. The number of carbonyl (C=O) groups is 1. The van der Waals surface area contributed by atoms with Crippen LogP contribution in [-0.2, 0) is 11.3 Å². The SMILES string of the molecule is CCC(CC)NCc1ccc(OCC(N)=O)cc1. The third kappa shape index (κ3) is 5.19. The minimum Gasteiger partial charge on any atom is -0.484 e. The molecule has 4 nitrogen and oxygen atoms in total. The van der Waals surface area contributed by atoms with Gasteiger partial charge in [-0.3, -0.25) is 4.79 Å². The minimum atomic E-state index is -0.463. The summed E-state index contributed by atoms with van der Waals surface area (Å²) < 4.78 is 5.20. The molecule has 0 fully saturated rings. The predicted octanol–water partition coefficient (Wildman–Crippen LogP) is 1.83. The monoisotopic (exact) mass is 250 g/mol. The molecule has 0 aromatic heterocycles. The van der Waals surface area contributed by atoms with E-state index in [0.717, 1.165) is 19.4 Å². The van der Waals surface area contributed by atoms with E-state index in [-0.39, 0.29) is 6.61 Å². The zero-order valence-corrected chi connectivity index (χ0v) is 11.1. The van der Waals surface area contributed by atoms with Crippen molar-refractivity contribution in [2.75, 3.05) is 6.61 Å². The van der Waals surface area contributed by atoms with Crippen molar-refractivity contribution in [1.29, 1.82) is 0 Å². The molecule has 0 saturated carbocycles. The van der Waals surface area contributed by atoms with Gasteiger partial charge in [0.1, 0.15) is 5.75 Å². The van der Waals surface area contributed by atoms with Crippen molar-refractivity contribution >= 4 is 5.91 Å². The lowest BCUT2D eigenvalue weighted by Gasteiger charge is -2.14. The van der Waals surface area contributed by atoms with Crippen LogP contribution in [0.25, 0.3) is 0 Å². The fourth-order valence-corrected chi connectivity index (χ4v) is 1.70. The van der Waals surface area contributed by atoms with E-state index in [0.29, 0.717) is 11.8 Å². The van der Waals surface area contributed by atoms with Crippen LogP contribution >= 0.6 is 0 Å². The van der Waals surface area contributed by atoms with Gasteiger partial charge < -0.3 is 15.8 Å². The molecule has 0 aliphatic carbocycles. The van der Waals surface area contributed by atoms with E-state index in [1.165, 1.54) is 5.56 Å². The lowest BCUT2D eigenvalue weighted by atomic mass is 10.1. The molecule has 0 radical (unpaired) electrons. The van der Waals surface area contributed by atoms with E-state index < -0.39 is 5.91 Å². The van der Waals surface area contributed by atoms with Gasteiger partial charge in [-0.05, 0) is 30.5 Å². The van der Waals surface area contributed by atoms with Crippen LogP contribution in [0, 0.1) is 0 Å². The minimum absolute atomic E-state index is 0.0780. The van der Waals surface area contributed by atoms with Crippen molar-refractivity contribution in [2.45, 2.75) is 39.3 Å². The molecule has 0 aliphatic rings. The number of amides is 1. The van der Waals surface area contributed by atoms with Crippen LogP contribution in [0.1, 0.15) is 32.3 Å². The number of hydrogen-bond donors (Lipinski definition) is 2. The van der Waals surface area contributed by atoms with Crippen LogP contribution in [0.3, 0.4) is 0 Å². The Kier molecular flexibility index (Phi) is 6.22. The Morgan fingerprint density at radius 2 is 1.89 bits per heavy atom. The Bertz CT molecular complexity index is 359. The van der Waals surface area contributed by atoms with Crippen LogP contribution in [-0.4, -0.2) is 18.6 Å². The van der Waals surface area contributed by atoms with Gasteiger partial charge in [0.25, 0.3) is 5.91 Å². The fraction of sp³-hybridized carbons (Fsp3) is 0.500. The summed E-state index contributed by atoms with van der Waals surface area (Å²) in [7, 11) is 0. The largest absolute Gasteiger partial charge is 0.484 e. The highest BCUT2D eigenvalue weighted by atomic mass is 16.5. The molecule has 0 spiro atoms. The third-order valence-corrected chi connectivity index (χ3v) is 2.88. The van der Waals surface area contributed by atoms with Crippen molar-refractivity contribution in [3.8, 4) is 5.75 Å². The molecule has 4 heteroatoms. The summed E-state index contributed by atoms with van der Waals surface area (Å²) in [5.41, 5.74) is 6.21. The molecule has 0 saturated heterocycles. The van der Waals surface area contributed by atoms with E-state index in [9.17, 15) is 4.79 Å². The lowest BCUT2D eigenvalue weighted by Crippen LogP contribution is -2.26. The van der Waals surface area contributed by atoms with E-state index >= 15 is 0 Å². The number of nitrogens with two attached hydrogens (primary N) is 1. The number of hydrogen-bond acceptors (Lipinski definition) is 3. The first-order valence-corrected chi connectivity index (χ1v) is 6.39. The molecule has 18 heavy (non-hydrogen) atoms. The zero-order valence-electron chi connectivity index (χ0n) is 11.1. The predicted molar refractivity (Wildman–Crippen MR) is 72.3 cm³/mol. The topological polar surface area (TPSA) is 64.3 Å². The normalized spacial score (nSPS) is 10.6. The second kappa shape index (κ2) is 7.71. The van der Waals surface area contributed by atoms with Crippen molar-refractivity contribution < 1.29 is 9.53 Å². The van der Waals surface area contributed by atoms with E-state index in [2.05, 4.69) is 19.2 Å². The number of nitrogens with one attached hydrogen (secondary N) is 1. The first-order valence-electron chi connectivity index (χ1n) is 6.39. The Hall–Kier alpha value is -1.55. The van der Waals surface area contributed by atoms with Gasteiger partial charge in [-0.25, -0.2) is 0 Å². The first kappa shape index (κ1) is 14.5. The van der Waals surface area contributed by atoms with Gasteiger partial charge >= 0.3 is 0 Å². The second-order valence-electron chi connectivity index (χ2n) is 4.29. The summed E-state index contributed by atoms with van der Waals surface area (Å²) in [4.78, 5) is 10.6. The van der Waals surface area contributed by atoms with Gasteiger partial charge in [-0.1, -0.05) is 26.0 Å². The van der Waals surface area contributed by atoms with Gasteiger partial charge in [-0.15, -0.1) is 0 Å². The van der Waals surface area contributed by atoms with Crippen molar-refractivity contribution in [3.05, 3.63) is 29.8 Å². The summed E-state index contributed by atoms with van der Waals surface area (Å²) in [6.07, 6.45) is 2.27. The van der Waals surface area contributed by atoms with E-state index in [1.807, 2.05) is 24.3 Å². The molecule has 0 bridgehead atoms. The molecule has 1 amide bonds. The van der Waals surface area contributed by atoms with Gasteiger partial charge in [0.15, 0.2) is 6.61 Å². The first-order chi connectivity index (χ1) is 8.65. The van der Waals surface area contributed by atoms with Crippen molar-refractivity contribution in [3.63, 3.8) is 0 Å². The van der Waals surface area contributed by atoms with Crippen LogP contribution in [0.5, 0.6) is 5.75 Å². The Morgan fingerprint density at radius 1 is 1.28 bits per heavy atom. The number of ether oxygens (including phenoxy) is 1. The summed E-state index contributed by atoms with van der Waals surface area (Å²) in [5.74, 6) is 0.203. The molecule has 1 aromatic rings. The third-order valence-electron chi connectivity index (χ3n) is 2.88. The molecule has 0 unspecified atom stereocenters. The maximum absolute atomic E-state index is 10.6. The molecule has 0 heterocycles. The maximum Gasteiger partial charge on any atom is 0.255 e. The number of rotatable bonds is 8. The summed E-state index contributed by atoms with van der Waals surface area (Å²) in [5, 5.41) is 3.49. The quantitative estimate of drug-likeness (QED) is 0.740. The number of carbonyl (C=O) groups excluding carboxylic acids is 1. The lowest BCUT2D eigenvalue weighted by molar-refractivity contribution is -0.119. The Morgan fingerprint density at radius 3 is 2.39 bits per heavy atom. The van der Waals surface area contributed by atoms with Crippen LogP contribution in [0.2, 0.25) is 0 Å². The second-order valence-corrected chi connectivity index (χ2v) is 4.29. The van der Waals surface area contributed by atoms with Crippen LogP contribution < -0.4 is 15.8 Å². The maximum atomic E-state index is 10.6. The Balaban J connectivity index is 2.42. The Labute approximate surface area is 109 Å². The highest BCUT2D eigenvalue weighted by Gasteiger charge is 2.02. The van der Waals surface area contributed by atoms with Gasteiger partial charge in [0.2, 0.25) is 0 Å². The highest BCUT2D eigenvalue weighted by molar-refractivity contribution is 5.75. The summed E-state index contributed by atoms with van der Waals surface area (Å²) >= 11 is 0. The van der Waals surface area contributed by atoms with Crippen molar-refractivity contribution in [1.82, 2.24) is 5.32 Å². The number of benzene rings is 1.